The van der Waals surface area contributed by atoms with Crippen molar-refractivity contribution in [3.8, 4) is 33.8 Å². The number of hydrogen-bond acceptors (Lipinski definition) is 11. The average molecular weight is 673 g/mol. The molecule has 0 radical (unpaired) electrons. The van der Waals surface area contributed by atoms with Crippen LogP contribution in [-0.4, -0.2) is 63.4 Å². The second kappa shape index (κ2) is 16.9. The number of methoxy groups -OCH3 is 1. The van der Waals surface area contributed by atoms with E-state index in [2.05, 4.69) is 13.2 Å². The molecule has 0 heterocycles. The molecule has 0 aliphatic heterocycles. The molecular formula is C38H40O11. The quantitative estimate of drug-likeness (QED) is 0.0607. The molecule has 11 heteroatoms. The number of ether oxygens (including phenoxy) is 6. The zero-order valence-electron chi connectivity index (χ0n) is 28.5. The van der Waals surface area contributed by atoms with Crippen molar-refractivity contribution in [2.45, 2.75) is 34.6 Å². The molecule has 3 aromatic carbocycles. The van der Waals surface area contributed by atoms with Gasteiger partial charge in [0.2, 0.25) is 0 Å². The molecule has 11 nitrogen and oxygen atoms in total. The third kappa shape index (κ3) is 10.9. The largest absolute Gasteiger partial charge is 0.496 e. The fraction of sp³-hybridized carbons (Fsp3) is 0.289. The van der Waals surface area contributed by atoms with E-state index in [1.54, 1.807) is 70.2 Å². The van der Waals surface area contributed by atoms with E-state index in [1.165, 1.54) is 20.1 Å². The minimum absolute atomic E-state index is 0.0560. The Balaban J connectivity index is 1.86. The monoisotopic (exact) mass is 672 g/mol. The predicted molar refractivity (Wildman–Crippen MR) is 181 cm³/mol. The molecule has 0 bridgehead atoms. The second-order valence-corrected chi connectivity index (χ2v) is 12.0. The average Bonchev–Trinajstić information content (AvgIpc) is 3.07. The molecule has 0 fully saturated rings. The minimum atomic E-state index is -0.754. The van der Waals surface area contributed by atoms with Gasteiger partial charge in [-0.3, -0.25) is 4.79 Å². The first-order valence-corrected chi connectivity index (χ1v) is 15.3. The summed E-state index contributed by atoms with van der Waals surface area (Å²) in [6.45, 7) is 14.5. The fourth-order valence-electron chi connectivity index (χ4n) is 4.08. The van der Waals surface area contributed by atoms with Crippen molar-refractivity contribution in [1.82, 2.24) is 0 Å². The van der Waals surface area contributed by atoms with Gasteiger partial charge in [0.1, 0.15) is 37.9 Å². The highest BCUT2D eigenvalue weighted by molar-refractivity contribution is 5.98. The first-order valence-electron chi connectivity index (χ1n) is 15.3. The molecule has 258 valence electrons. The Morgan fingerprint density at radius 1 is 0.612 bits per heavy atom. The molecule has 0 aliphatic rings. The van der Waals surface area contributed by atoms with E-state index in [0.29, 0.717) is 22.6 Å². The van der Waals surface area contributed by atoms with Crippen LogP contribution in [-0.2, 0) is 33.3 Å². The van der Waals surface area contributed by atoms with Crippen molar-refractivity contribution in [1.29, 1.82) is 0 Å². The van der Waals surface area contributed by atoms with Crippen molar-refractivity contribution >= 4 is 29.8 Å². The van der Waals surface area contributed by atoms with Crippen molar-refractivity contribution in [2.75, 3.05) is 33.5 Å². The summed E-state index contributed by atoms with van der Waals surface area (Å²) in [5.74, 6) is -2.33. The van der Waals surface area contributed by atoms with Gasteiger partial charge in [0.15, 0.2) is 0 Å². The van der Waals surface area contributed by atoms with E-state index in [1.807, 2.05) is 12.1 Å². The van der Waals surface area contributed by atoms with Gasteiger partial charge < -0.3 is 28.4 Å². The highest BCUT2D eigenvalue weighted by atomic mass is 16.6. The summed E-state index contributed by atoms with van der Waals surface area (Å²) >= 11 is 0. The molecule has 0 amide bonds. The molecule has 0 atom stereocenters. The lowest BCUT2D eigenvalue weighted by atomic mass is 9.97. The Hall–Kier alpha value is -5.71. The maximum absolute atomic E-state index is 13.1. The normalized spacial score (nSPS) is 10.7. The van der Waals surface area contributed by atoms with Crippen molar-refractivity contribution in [2.24, 2.45) is 5.41 Å². The van der Waals surface area contributed by atoms with Gasteiger partial charge in [-0.25, -0.2) is 19.2 Å². The van der Waals surface area contributed by atoms with Gasteiger partial charge in [0.05, 0.1) is 23.7 Å². The Bertz CT molecular complexity index is 1740. The molecule has 49 heavy (non-hydrogen) atoms. The molecule has 0 spiro atoms. The van der Waals surface area contributed by atoms with E-state index in [4.69, 9.17) is 28.4 Å². The SMILES string of the molecule is C=C(C)C(=O)OCCOC(=O)c1cc(C(=O)OCCOC(=O)C(C)(C)C)cc(-c2ccc(-c3ccc(OC(=O)C(=C)C)cc3OC)cc2)c1. The van der Waals surface area contributed by atoms with Crippen LogP contribution in [0.1, 0.15) is 55.3 Å². The van der Waals surface area contributed by atoms with Gasteiger partial charge in [-0.1, -0.05) is 37.4 Å². The number of carbonyl (C=O) groups is 5. The molecule has 0 saturated heterocycles. The van der Waals surface area contributed by atoms with Crippen LogP contribution in [0.4, 0.5) is 0 Å². The van der Waals surface area contributed by atoms with Crippen LogP contribution in [0.3, 0.4) is 0 Å². The summed E-state index contributed by atoms with van der Waals surface area (Å²) in [7, 11) is 1.50. The molecule has 0 N–H and O–H groups in total. The van der Waals surface area contributed by atoms with Gasteiger partial charge in [-0.15, -0.1) is 0 Å². The van der Waals surface area contributed by atoms with Crippen LogP contribution < -0.4 is 9.47 Å². The second-order valence-electron chi connectivity index (χ2n) is 12.0. The summed E-state index contributed by atoms with van der Waals surface area (Å²) in [5.41, 5.74) is 2.56. The third-order valence-corrected chi connectivity index (χ3v) is 6.73. The number of esters is 5. The lowest BCUT2D eigenvalue weighted by Gasteiger charge is -2.16. The molecule has 0 aliphatic carbocycles. The maximum atomic E-state index is 13.1. The molecule has 0 aromatic heterocycles. The van der Waals surface area contributed by atoms with Crippen LogP contribution in [0.5, 0.6) is 11.5 Å². The predicted octanol–water partition coefficient (Wildman–Crippen LogP) is 6.53. The van der Waals surface area contributed by atoms with Gasteiger partial charge >= 0.3 is 29.8 Å². The zero-order chi connectivity index (χ0) is 36.3. The molecule has 3 rings (SSSR count). The molecule has 0 saturated carbocycles. The van der Waals surface area contributed by atoms with E-state index < -0.39 is 35.3 Å². The van der Waals surface area contributed by atoms with Gasteiger partial charge in [0, 0.05) is 22.8 Å². The Kier molecular flexibility index (Phi) is 13.0. The van der Waals surface area contributed by atoms with Crippen molar-refractivity contribution in [3.05, 3.63) is 96.1 Å². The highest BCUT2D eigenvalue weighted by Gasteiger charge is 2.23. The molecule has 3 aromatic rings. The van der Waals surface area contributed by atoms with Crippen LogP contribution >= 0.6 is 0 Å². The van der Waals surface area contributed by atoms with Crippen LogP contribution in [0.25, 0.3) is 22.3 Å². The summed E-state index contributed by atoms with van der Waals surface area (Å²) in [6.07, 6.45) is 0. The number of hydrogen-bond donors (Lipinski definition) is 0. The van der Waals surface area contributed by atoms with Crippen LogP contribution in [0, 0.1) is 5.41 Å². The van der Waals surface area contributed by atoms with Gasteiger partial charge in [-0.2, -0.15) is 0 Å². The first kappa shape index (κ1) is 37.7. The lowest BCUT2D eigenvalue weighted by molar-refractivity contribution is -0.154. The number of benzene rings is 3. The van der Waals surface area contributed by atoms with Gasteiger partial charge in [-0.05, 0) is 81.6 Å². The van der Waals surface area contributed by atoms with Crippen molar-refractivity contribution < 1.29 is 52.4 Å². The van der Waals surface area contributed by atoms with E-state index in [9.17, 15) is 24.0 Å². The lowest BCUT2D eigenvalue weighted by Crippen LogP contribution is -2.25. The first-order chi connectivity index (χ1) is 23.1. The number of carbonyl (C=O) groups excluding carboxylic acids is 5. The van der Waals surface area contributed by atoms with Crippen molar-refractivity contribution in [3.63, 3.8) is 0 Å². The molecule has 0 unspecified atom stereocenters. The number of rotatable bonds is 14. The summed E-state index contributed by atoms with van der Waals surface area (Å²) in [5, 5.41) is 0. The van der Waals surface area contributed by atoms with E-state index in [0.717, 1.165) is 11.1 Å². The Morgan fingerprint density at radius 3 is 1.63 bits per heavy atom. The van der Waals surface area contributed by atoms with Crippen LogP contribution in [0.2, 0.25) is 0 Å². The minimum Gasteiger partial charge on any atom is -0.496 e. The summed E-state index contributed by atoms with van der Waals surface area (Å²) in [4.78, 5) is 61.7. The van der Waals surface area contributed by atoms with E-state index in [-0.39, 0.29) is 48.7 Å². The van der Waals surface area contributed by atoms with Gasteiger partial charge in [0.25, 0.3) is 0 Å². The van der Waals surface area contributed by atoms with Crippen LogP contribution in [0.15, 0.2) is 85.0 Å². The Morgan fingerprint density at radius 2 is 1.12 bits per heavy atom. The van der Waals surface area contributed by atoms with E-state index >= 15 is 0 Å². The summed E-state index contributed by atoms with van der Waals surface area (Å²) < 4.78 is 31.6. The summed E-state index contributed by atoms with van der Waals surface area (Å²) in [6, 6.07) is 16.7. The highest BCUT2D eigenvalue weighted by Crippen LogP contribution is 2.35. The fourth-order valence-corrected chi connectivity index (χ4v) is 4.08. The maximum Gasteiger partial charge on any atom is 0.338 e. The standard InChI is InChI=1S/C38H40O11/c1-23(2)33(39)45-15-16-46-35(41)28-19-27(20-29(21-28)36(42)47-17-18-48-37(43)38(5,6)7)25-9-11-26(12-10-25)31-14-13-30(22-32(31)44-8)49-34(40)24(3)4/h9-14,19-22H,1,3,15-18H2,2,4-8H3. The smallest absolute Gasteiger partial charge is 0.338 e. The molecular weight excluding hydrogens is 632 g/mol. The zero-order valence-corrected chi connectivity index (χ0v) is 28.5. The Labute approximate surface area is 285 Å². The topological polar surface area (TPSA) is 141 Å². The third-order valence-electron chi connectivity index (χ3n) is 6.73.